The third-order valence-corrected chi connectivity index (χ3v) is 2.67. The van der Waals surface area contributed by atoms with Gasteiger partial charge in [0.2, 0.25) is 5.91 Å². The number of amides is 1. The van der Waals surface area contributed by atoms with Gasteiger partial charge in [-0.05, 0) is 24.6 Å². The van der Waals surface area contributed by atoms with Crippen molar-refractivity contribution in [2.24, 2.45) is 0 Å². The molecule has 0 aliphatic heterocycles. The van der Waals surface area contributed by atoms with Crippen molar-refractivity contribution in [2.75, 3.05) is 5.32 Å². The van der Waals surface area contributed by atoms with Crippen LogP contribution in [0.2, 0.25) is 0 Å². The van der Waals surface area contributed by atoms with E-state index < -0.39 is 0 Å². The van der Waals surface area contributed by atoms with E-state index in [9.17, 15) is 4.79 Å². The fraction of sp³-hybridized carbons (Fsp3) is 0.462. The van der Waals surface area contributed by atoms with Crippen LogP contribution in [0.1, 0.15) is 39.0 Å². The van der Waals surface area contributed by atoms with Gasteiger partial charge in [-0.25, -0.2) is 0 Å². The van der Waals surface area contributed by atoms with Crippen LogP contribution in [-0.2, 0) is 4.79 Å². The van der Waals surface area contributed by atoms with Crippen molar-refractivity contribution >= 4 is 24.2 Å². The van der Waals surface area contributed by atoms with Crippen LogP contribution in [-0.4, -0.2) is 5.91 Å². The van der Waals surface area contributed by atoms with Gasteiger partial charge in [0.25, 0.3) is 0 Å². The van der Waals surface area contributed by atoms with Crippen molar-refractivity contribution in [3.8, 4) is 0 Å². The lowest BCUT2D eigenvalue weighted by molar-refractivity contribution is -0.116. The number of rotatable bonds is 6. The Morgan fingerprint density at radius 3 is 2.81 bits per heavy atom. The standard InChI is InChI=1S/C13H19NOS/c1-2-3-4-5-9-13(15)14-11-7-6-8-12(16)10-11/h6-8,10,16H,2-5,9H2,1H3,(H,14,15). The van der Waals surface area contributed by atoms with Crippen molar-refractivity contribution in [1.29, 1.82) is 0 Å². The zero-order valence-corrected chi connectivity index (χ0v) is 10.6. The quantitative estimate of drug-likeness (QED) is 0.570. The van der Waals surface area contributed by atoms with E-state index in [0.717, 1.165) is 23.4 Å². The monoisotopic (exact) mass is 237 g/mol. The van der Waals surface area contributed by atoms with Crippen LogP contribution >= 0.6 is 12.6 Å². The molecule has 0 fully saturated rings. The first-order valence-corrected chi connectivity index (χ1v) is 6.26. The first-order chi connectivity index (χ1) is 7.72. The van der Waals surface area contributed by atoms with E-state index in [1.165, 1.54) is 12.8 Å². The molecular formula is C13H19NOS. The Labute approximate surface area is 103 Å². The lowest BCUT2D eigenvalue weighted by Gasteiger charge is -2.05. The fourth-order valence-electron chi connectivity index (χ4n) is 1.52. The predicted octanol–water partition coefficient (Wildman–Crippen LogP) is 3.88. The lowest BCUT2D eigenvalue weighted by atomic mass is 10.1. The van der Waals surface area contributed by atoms with Crippen LogP contribution in [0.3, 0.4) is 0 Å². The second-order valence-electron chi connectivity index (χ2n) is 3.91. The average Bonchev–Trinajstić information content (AvgIpc) is 2.24. The third kappa shape index (κ3) is 5.21. The van der Waals surface area contributed by atoms with E-state index in [-0.39, 0.29) is 5.91 Å². The number of unbranched alkanes of at least 4 members (excludes halogenated alkanes) is 3. The van der Waals surface area contributed by atoms with Crippen LogP contribution in [0.25, 0.3) is 0 Å². The number of carbonyl (C=O) groups is 1. The van der Waals surface area contributed by atoms with Gasteiger partial charge < -0.3 is 5.32 Å². The summed E-state index contributed by atoms with van der Waals surface area (Å²) in [5, 5.41) is 2.87. The van der Waals surface area contributed by atoms with E-state index in [2.05, 4.69) is 24.9 Å². The number of benzene rings is 1. The minimum absolute atomic E-state index is 0.0926. The van der Waals surface area contributed by atoms with Gasteiger partial charge in [0.15, 0.2) is 0 Å². The van der Waals surface area contributed by atoms with Crippen molar-refractivity contribution in [2.45, 2.75) is 43.9 Å². The molecule has 3 heteroatoms. The van der Waals surface area contributed by atoms with Gasteiger partial charge in [-0.2, -0.15) is 0 Å². The van der Waals surface area contributed by atoms with E-state index in [1.807, 2.05) is 24.3 Å². The summed E-state index contributed by atoms with van der Waals surface area (Å²) in [5.74, 6) is 0.0926. The Morgan fingerprint density at radius 1 is 1.31 bits per heavy atom. The smallest absolute Gasteiger partial charge is 0.224 e. The molecule has 16 heavy (non-hydrogen) atoms. The molecule has 0 radical (unpaired) electrons. The highest BCUT2D eigenvalue weighted by Gasteiger charge is 2.01. The van der Waals surface area contributed by atoms with Gasteiger partial charge in [0, 0.05) is 17.0 Å². The molecule has 0 aromatic heterocycles. The van der Waals surface area contributed by atoms with Crippen molar-refractivity contribution in [1.82, 2.24) is 0 Å². The average molecular weight is 237 g/mol. The molecule has 1 aromatic rings. The summed E-state index contributed by atoms with van der Waals surface area (Å²) < 4.78 is 0. The molecule has 88 valence electrons. The van der Waals surface area contributed by atoms with Gasteiger partial charge >= 0.3 is 0 Å². The highest BCUT2D eigenvalue weighted by atomic mass is 32.1. The summed E-state index contributed by atoms with van der Waals surface area (Å²) in [4.78, 5) is 12.4. The summed E-state index contributed by atoms with van der Waals surface area (Å²) >= 11 is 4.22. The topological polar surface area (TPSA) is 29.1 Å². The summed E-state index contributed by atoms with van der Waals surface area (Å²) in [6.07, 6.45) is 5.12. The molecule has 0 spiro atoms. The first kappa shape index (κ1) is 13.1. The molecule has 0 aliphatic rings. The third-order valence-electron chi connectivity index (χ3n) is 2.39. The number of hydrogen-bond acceptors (Lipinski definition) is 2. The Balaban J connectivity index is 2.29. The summed E-state index contributed by atoms with van der Waals surface area (Å²) in [7, 11) is 0. The minimum atomic E-state index is 0.0926. The van der Waals surface area contributed by atoms with Crippen molar-refractivity contribution in [3.05, 3.63) is 24.3 Å². The van der Waals surface area contributed by atoms with Gasteiger partial charge in [0.05, 0.1) is 0 Å². The zero-order chi connectivity index (χ0) is 11.8. The van der Waals surface area contributed by atoms with Crippen LogP contribution in [0, 0.1) is 0 Å². The van der Waals surface area contributed by atoms with E-state index in [0.29, 0.717) is 6.42 Å². The SMILES string of the molecule is CCCCCCC(=O)Nc1cccc(S)c1. The lowest BCUT2D eigenvalue weighted by Crippen LogP contribution is -2.10. The van der Waals surface area contributed by atoms with E-state index >= 15 is 0 Å². The molecule has 0 saturated heterocycles. The number of thiol groups is 1. The molecule has 2 nitrogen and oxygen atoms in total. The van der Waals surface area contributed by atoms with Crippen LogP contribution < -0.4 is 5.32 Å². The van der Waals surface area contributed by atoms with Crippen molar-refractivity contribution < 1.29 is 4.79 Å². The van der Waals surface area contributed by atoms with E-state index in [4.69, 9.17) is 0 Å². The van der Waals surface area contributed by atoms with Crippen LogP contribution in [0.5, 0.6) is 0 Å². The van der Waals surface area contributed by atoms with Gasteiger partial charge in [-0.15, -0.1) is 12.6 Å². The normalized spacial score (nSPS) is 10.1. The fourth-order valence-corrected chi connectivity index (χ4v) is 1.74. The molecule has 1 rings (SSSR count). The molecule has 0 unspecified atom stereocenters. The van der Waals surface area contributed by atoms with Crippen molar-refractivity contribution in [3.63, 3.8) is 0 Å². The maximum Gasteiger partial charge on any atom is 0.224 e. The molecule has 1 aromatic carbocycles. The van der Waals surface area contributed by atoms with Gasteiger partial charge in [0.1, 0.15) is 0 Å². The van der Waals surface area contributed by atoms with Crippen LogP contribution in [0.4, 0.5) is 5.69 Å². The molecule has 1 N–H and O–H groups in total. The Kier molecular flexibility index (Phi) is 6.01. The Hall–Kier alpha value is -0.960. The molecule has 0 aliphatic carbocycles. The van der Waals surface area contributed by atoms with Gasteiger partial charge in [-0.1, -0.05) is 32.3 Å². The van der Waals surface area contributed by atoms with Crippen LogP contribution in [0.15, 0.2) is 29.2 Å². The Bertz CT molecular complexity index is 338. The summed E-state index contributed by atoms with van der Waals surface area (Å²) in [6, 6.07) is 7.51. The maximum absolute atomic E-state index is 11.6. The number of hydrogen-bond donors (Lipinski definition) is 2. The number of carbonyl (C=O) groups excluding carboxylic acids is 1. The highest BCUT2D eigenvalue weighted by Crippen LogP contribution is 2.14. The number of anilines is 1. The molecular weight excluding hydrogens is 218 g/mol. The maximum atomic E-state index is 11.6. The molecule has 0 heterocycles. The minimum Gasteiger partial charge on any atom is -0.326 e. The summed E-state index contributed by atoms with van der Waals surface area (Å²) in [5.41, 5.74) is 0.827. The van der Waals surface area contributed by atoms with Gasteiger partial charge in [-0.3, -0.25) is 4.79 Å². The summed E-state index contributed by atoms with van der Waals surface area (Å²) in [6.45, 7) is 2.16. The molecule has 0 saturated carbocycles. The zero-order valence-electron chi connectivity index (χ0n) is 9.70. The first-order valence-electron chi connectivity index (χ1n) is 5.81. The largest absolute Gasteiger partial charge is 0.326 e. The molecule has 1 amide bonds. The number of nitrogens with one attached hydrogen (secondary N) is 1. The second-order valence-corrected chi connectivity index (χ2v) is 4.43. The second kappa shape index (κ2) is 7.34. The predicted molar refractivity (Wildman–Crippen MR) is 71.1 cm³/mol. The Morgan fingerprint density at radius 2 is 2.12 bits per heavy atom. The van der Waals surface area contributed by atoms with E-state index in [1.54, 1.807) is 0 Å². The molecule has 0 atom stereocenters. The highest BCUT2D eigenvalue weighted by molar-refractivity contribution is 7.80. The molecule has 0 bridgehead atoms.